The van der Waals surface area contributed by atoms with Crippen molar-refractivity contribution in [2.45, 2.75) is 9.99 Å². The Morgan fingerprint density at radius 1 is 1.45 bits per heavy atom. The van der Waals surface area contributed by atoms with Crippen LogP contribution in [0.25, 0.3) is 0 Å². The number of halogens is 2. The number of carbonyl (C=O) groups is 1. The maximum Gasteiger partial charge on any atom is 0.371 e. The Morgan fingerprint density at radius 3 is 2.70 bits per heavy atom. The molecule has 0 aliphatic carbocycles. The predicted molar refractivity (Wildman–Crippen MR) is 75.6 cm³/mol. The van der Waals surface area contributed by atoms with Gasteiger partial charge in [-0.2, -0.15) is 0 Å². The second-order valence-corrected chi connectivity index (χ2v) is 5.73. The highest BCUT2D eigenvalue weighted by atomic mass is 127. The van der Waals surface area contributed by atoms with Crippen molar-refractivity contribution >= 4 is 46.0 Å². The quantitative estimate of drug-likeness (QED) is 0.470. The number of nitro groups is 1. The SMILES string of the molecule is O=C(O)c1ccc(Sc2cc(F)c(I)cc2[N+](=O)[O-])o1. The molecule has 0 spiro atoms. The molecule has 1 aromatic carbocycles. The van der Waals surface area contributed by atoms with E-state index in [1.165, 1.54) is 12.1 Å². The highest BCUT2D eigenvalue weighted by molar-refractivity contribution is 14.1. The van der Waals surface area contributed by atoms with Crippen LogP contribution in [0, 0.1) is 19.5 Å². The van der Waals surface area contributed by atoms with Crippen molar-refractivity contribution in [1.29, 1.82) is 0 Å². The fourth-order valence-corrected chi connectivity index (χ4v) is 2.68. The maximum absolute atomic E-state index is 13.5. The average Bonchev–Trinajstić information content (AvgIpc) is 2.82. The summed E-state index contributed by atoms with van der Waals surface area (Å²) in [5, 5.41) is 19.8. The molecule has 0 bridgehead atoms. The Morgan fingerprint density at radius 2 is 2.15 bits per heavy atom. The summed E-state index contributed by atoms with van der Waals surface area (Å²) in [5.41, 5.74) is -0.269. The number of carboxylic acid groups (broad SMARTS) is 1. The van der Waals surface area contributed by atoms with Gasteiger partial charge in [0.15, 0.2) is 5.09 Å². The first-order chi connectivity index (χ1) is 9.38. The molecule has 0 atom stereocenters. The van der Waals surface area contributed by atoms with E-state index >= 15 is 0 Å². The molecule has 1 heterocycles. The molecular weight excluding hydrogens is 404 g/mol. The molecule has 2 aromatic rings. The van der Waals surface area contributed by atoms with E-state index in [0.717, 1.165) is 23.9 Å². The molecule has 0 saturated heterocycles. The van der Waals surface area contributed by atoms with Crippen molar-refractivity contribution in [2.75, 3.05) is 0 Å². The molecule has 0 amide bonds. The van der Waals surface area contributed by atoms with E-state index < -0.39 is 16.7 Å². The van der Waals surface area contributed by atoms with E-state index in [4.69, 9.17) is 9.52 Å². The Kier molecular flexibility index (Phi) is 4.28. The van der Waals surface area contributed by atoms with E-state index in [1.54, 1.807) is 22.6 Å². The minimum atomic E-state index is -1.25. The van der Waals surface area contributed by atoms with Gasteiger partial charge in [0.25, 0.3) is 5.69 Å². The summed E-state index contributed by atoms with van der Waals surface area (Å²) >= 11 is 2.44. The van der Waals surface area contributed by atoms with Crippen molar-refractivity contribution in [1.82, 2.24) is 0 Å². The van der Waals surface area contributed by atoms with Crippen LogP contribution in [0.1, 0.15) is 10.6 Å². The minimum Gasteiger partial charge on any atom is -0.475 e. The first-order valence-corrected chi connectivity index (χ1v) is 6.92. The van der Waals surface area contributed by atoms with Crippen LogP contribution in [-0.2, 0) is 0 Å². The van der Waals surface area contributed by atoms with Crippen molar-refractivity contribution < 1.29 is 23.6 Å². The van der Waals surface area contributed by atoms with Gasteiger partial charge in [0, 0.05) is 6.07 Å². The van der Waals surface area contributed by atoms with Gasteiger partial charge in [-0.15, -0.1) is 0 Å². The summed E-state index contributed by atoms with van der Waals surface area (Å²) in [6, 6.07) is 4.71. The third-order valence-corrected chi connectivity index (χ3v) is 4.00. The van der Waals surface area contributed by atoms with Crippen molar-refractivity contribution in [3.8, 4) is 0 Å². The largest absolute Gasteiger partial charge is 0.475 e. The standard InChI is InChI=1S/C11H5FINO5S/c12-5-3-9(7(14(17)18)4-6(5)13)20-10-2-1-8(19-10)11(15)16/h1-4H,(H,15,16). The van der Waals surface area contributed by atoms with Crippen LogP contribution in [-0.4, -0.2) is 16.0 Å². The number of nitrogens with zero attached hydrogens (tertiary/aromatic N) is 1. The molecule has 1 aromatic heterocycles. The van der Waals surface area contributed by atoms with Crippen molar-refractivity contribution in [2.24, 2.45) is 0 Å². The molecule has 0 radical (unpaired) electrons. The lowest BCUT2D eigenvalue weighted by Crippen LogP contribution is -1.94. The van der Waals surface area contributed by atoms with Crippen LogP contribution in [0.5, 0.6) is 0 Å². The smallest absolute Gasteiger partial charge is 0.371 e. The molecule has 104 valence electrons. The fraction of sp³-hybridized carbons (Fsp3) is 0. The highest BCUT2D eigenvalue weighted by Gasteiger charge is 2.20. The van der Waals surface area contributed by atoms with Gasteiger partial charge in [0.1, 0.15) is 5.82 Å². The molecule has 20 heavy (non-hydrogen) atoms. The van der Waals surface area contributed by atoms with Crippen LogP contribution in [0.3, 0.4) is 0 Å². The zero-order valence-corrected chi connectivity index (χ0v) is 12.5. The maximum atomic E-state index is 13.5. The topological polar surface area (TPSA) is 93.6 Å². The summed E-state index contributed by atoms with van der Waals surface area (Å²) in [7, 11) is 0. The third kappa shape index (κ3) is 3.10. The van der Waals surface area contributed by atoms with Gasteiger partial charge < -0.3 is 9.52 Å². The molecular formula is C11H5FINO5S. The Hall–Kier alpha value is -1.62. The zero-order chi connectivity index (χ0) is 14.9. The predicted octanol–water partition coefficient (Wildman–Crippen LogP) is 3.78. The molecule has 1 N–H and O–H groups in total. The molecule has 2 rings (SSSR count). The second-order valence-electron chi connectivity index (χ2n) is 3.52. The summed E-state index contributed by atoms with van der Waals surface area (Å²) in [6.07, 6.45) is 0. The van der Waals surface area contributed by atoms with Gasteiger partial charge in [0.05, 0.1) is 13.4 Å². The molecule has 9 heteroatoms. The Labute approximate surface area is 129 Å². The first-order valence-electron chi connectivity index (χ1n) is 5.03. The normalized spacial score (nSPS) is 10.5. The number of hydrogen-bond acceptors (Lipinski definition) is 5. The lowest BCUT2D eigenvalue weighted by atomic mass is 10.3. The van der Waals surface area contributed by atoms with Crippen LogP contribution < -0.4 is 0 Å². The number of hydrogen-bond donors (Lipinski definition) is 1. The summed E-state index contributed by atoms with van der Waals surface area (Å²) in [6.45, 7) is 0. The number of furan rings is 1. The summed E-state index contributed by atoms with van der Waals surface area (Å²) in [5.74, 6) is -2.13. The minimum absolute atomic E-state index is 0.0409. The van der Waals surface area contributed by atoms with Crippen LogP contribution >= 0.6 is 34.4 Å². The van der Waals surface area contributed by atoms with E-state index in [0.29, 0.717) is 0 Å². The third-order valence-electron chi connectivity index (χ3n) is 2.20. The molecule has 0 saturated carbocycles. The monoisotopic (exact) mass is 409 g/mol. The van der Waals surface area contributed by atoms with Gasteiger partial charge >= 0.3 is 5.97 Å². The van der Waals surface area contributed by atoms with Gasteiger partial charge in [-0.3, -0.25) is 10.1 Å². The Balaban J connectivity index is 2.39. The van der Waals surface area contributed by atoms with E-state index in [2.05, 4.69) is 0 Å². The lowest BCUT2D eigenvalue weighted by molar-refractivity contribution is -0.387. The Bertz CT molecular complexity index is 702. The molecule has 0 aliphatic rings. The van der Waals surface area contributed by atoms with Gasteiger partial charge in [-0.25, -0.2) is 9.18 Å². The molecule has 0 unspecified atom stereocenters. The lowest BCUT2D eigenvalue weighted by Gasteiger charge is -2.02. The van der Waals surface area contributed by atoms with Crippen LogP contribution in [0.4, 0.5) is 10.1 Å². The van der Waals surface area contributed by atoms with Gasteiger partial charge in [-0.1, -0.05) is 0 Å². The van der Waals surface area contributed by atoms with Gasteiger partial charge in [0.2, 0.25) is 5.76 Å². The summed E-state index contributed by atoms with van der Waals surface area (Å²) < 4.78 is 18.6. The van der Waals surface area contributed by atoms with E-state index in [1.807, 2.05) is 0 Å². The molecule has 0 fully saturated rings. The van der Waals surface area contributed by atoms with Crippen LogP contribution in [0.2, 0.25) is 0 Å². The number of carboxylic acids is 1. The van der Waals surface area contributed by atoms with Gasteiger partial charge in [-0.05, 0) is 52.6 Å². The van der Waals surface area contributed by atoms with E-state index in [-0.39, 0.29) is 25.0 Å². The molecule has 6 nitrogen and oxygen atoms in total. The fourth-order valence-electron chi connectivity index (χ4n) is 1.34. The molecule has 0 aliphatic heterocycles. The number of nitro benzene ring substituents is 1. The van der Waals surface area contributed by atoms with Crippen molar-refractivity contribution in [3.05, 3.63) is 49.5 Å². The summed E-state index contributed by atoms with van der Waals surface area (Å²) in [4.78, 5) is 21.0. The number of rotatable bonds is 4. The highest BCUT2D eigenvalue weighted by Crippen LogP contribution is 2.37. The number of benzene rings is 1. The van der Waals surface area contributed by atoms with Crippen LogP contribution in [0.15, 0.2) is 38.7 Å². The second kappa shape index (κ2) is 5.79. The van der Waals surface area contributed by atoms with Crippen molar-refractivity contribution in [3.63, 3.8) is 0 Å². The zero-order valence-electron chi connectivity index (χ0n) is 9.50. The average molecular weight is 409 g/mol. The van der Waals surface area contributed by atoms with E-state index in [9.17, 15) is 19.3 Å². The first kappa shape index (κ1) is 14.8. The number of aromatic carboxylic acids is 1.